The summed E-state index contributed by atoms with van der Waals surface area (Å²) in [4.78, 5) is 9.60. The molecule has 0 aromatic carbocycles. The van der Waals surface area contributed by atoms with Gasteiger partial charge in [-0.25, -0.2) is 9.97 Å². The molecule has 0 spiro atoms. The van der Waals surface area contributed by atoms with E-state index < -0.39 is 0 Å². The van der Waals surface area contributed by atoms with Gasteiger partial charge in [-0.2, -0.15) is 16.9 Å². The molecule has 0 radical (unpaired) electrons. The second kappa shape index (κ2) is 5.67. The minimum absolute atomic E-state index is 0.804. The fourth-order valence-electron chi connectivity index (χ4n) is 2.65. The summed E-state index contributed by atoms with van der Waals surface area (Å²) in [5, 5.41) is 7.94. The van der Waals surface area contributed by atoms with Crippen molar-refractivity contribution in [3.05, 3.63) is 22.6 Å². The number of aryl methyl sites for hydroxylation is 2. The quantitative estimate of drug-likeness (QED) is 0.940. The van der Waals surface area contributed by atoms with Crippen molar-refractivity contribution in [3.63, 3.8) is 0 Å². The van der Waals surface area contributed by atoms with E-state index in [-0.39, 0.29) is 0 Å². The lowest BCUT2D eigenvalue weighted by atomic mass is 10.1. The molecular weight excluding hydrogens is 282 g/mol. The number of nitrogens with zero attached hydrogens (tertiary/aromatic N) is 4. The second-order valence-corrected chi connectivity index (χ2v) is 6.40. The third-order valence-corrected chi connectivity index (χ3v) is 4.82. The average molecular weight is 303 g/mol. The number of hydrogen-bond donors (Lipinski definition) is 1. The van der Waals surface area contributed by atoms with Gasteiger partial charge < -0.3 is 5.32 Å². The van der Waals surface area contributed by atoms with Crippen LogP contribution in [-0.4, -0.2) is 26.3 Å². The molecule has 0 fully saturated rings. The third-order valence-electron chi connectivity index (χ3n) is 3.85. The Hall–Kier alpha value is -1.56. The molecule has 0 amide bonds. The normalized spacial score (nSPS) is 13.5. The maximum Gasteiger partial charge on any atom is 0.165 e. The Kier molecular flexibility index (Phi) is 3.89. The van der Waals surface area contributed by atoms with Crippen molar-refractivity contribution in [1.29, 1.82) is 0 Å². The first-order chi connectivity index (χ1) is 10.1. The first-order valence-electron chi connectivity index (χ1n) is 7.33. The van der Waals surface area contributed by atoms with Crippen LogP contribution in [0.1, 0.15) is 36.0 Å². The van der Waals surface area contributed by atoms with Crippen molar-refractivity contribution in [2.24, 2.45) is 7.05 Å². The molecule has 0 unspecified atom stereocenters. The van der Waals surface area contributed by atoms with E-state index in [2.05, 4.69) is 24.3 Å². The fourth-order valence-corrected chi connectivity index (χ4v) is 3.69. The molecule has 2 aromatic rings. The molecule has 3 heterocycles. The number of thioether (sulfide) groups is 1. The van der Waals surface area contributed by atoms with Crippen LogP contribution in [0.5, 0.6) is 0 Å². The molecule has 0 bridgehead atoms. The summed E-state index contributed by atoms with van der Waals surface area (Å²) in [6.45, 7) is 7.20. The number of anilines is 1. The van der Waals surface area contributed by atoms with Crippen LogP contribution < -0.4 is 5.32 Å². The summed E-state index contributed by atoms with van der Waals surface area (Å²) in [5.74, 6) is 3.79. The van der Waals surface area contributed by atoms with Crippen LogP contribution in [0.4, 0.5) is 5.82 Å². The van der Waals surface area contributed by atoms with Crippen LogP contribution in [0, 0.1) is 13.8 Å². The minimum atomic E-state index is 0.804. The first-order valence-corrected chi connectivity index (χ1v) is 8.49. The summed E-state index contributed by atoms with van der Waals surface area (Å²) >= 11 is 1.90. The van der Waals surface area contributed by atoms with E-state index in [1.807, 2.05) is 30.4 Å². The summed E-state index contributed by atoms with van der Waals surface area (Å²) < 4.78 is 1.90. The second-order valence-electron chi connectivity index (χ2n) is 5.41. The highest BCUT2D eigenvalue weighted by Gasteiger charge is 2.22. The molecule has 1 aliphatic rings. The Labute approximate surface area is 129 Å². The topological polar surface area (TPSA) is 55.6 Å². The molecule has 0 saturated carbocycles. The molecule has 112 valence electrons. The maximum absolute atomic E-state index is 4.80. The van der Waals surface area contributed by atoms with Crippen LogP contribution >= 0.6 is 11.8 Å². The lowest BCUT2D eigenvalue weighted by Crippen LogP contribution is -2.08. The first kappa shape index (κ1) is 14.4. The number of nitrogens with one attached hydrogen (secondary N) is 1. The predicted molar refractivity (Wildman–Crippen MR) is 87.5 cm³/mol. The maximum atomic E-state index is 4.80. The number of rotatable bonds is 4. The zero-order valence-corrected chi connectivity index (χ0v) is 13.8. The molecule has 3 rings (SSSR count). The van der Waals surface area contributed by atoms with E-state index in [4.69, 9.17) is 9.97 Å². The van der Waals surface area contributed by atoms with E-state index in [0.29, 0.717) is 0 Å². The van der Waals surface area contributed by atoms with Gasteiger partial charge in [-0.05, 0) is 20.3 Å². The number of aromatic nitrogens is 4. The zero-order valence-electron chi connectivity index (χ0n) is 13.0. The van der Waals surface area contributed by atoms with Gasteiger partial charge in [0.2, 0.25) is 0 Å². The molecule has 6 heteroatoms. The lowest BCUT2D eigenvalue weighted by molar-refractivity contribution is 0.731. The largest absolute Gasteiger partial charge is 0.370 e. The molecule has 0 aliphatic carbocycles. The van der Waals surface area contributed by atoms with Crippen molar-refractivity contribution in [3.8, 4) is 11.4 Å². The molecule has 1 N–H and O–H groups in total. The van der Waals surface area contributed by atoms with Crippen molar-refractivity contribution in [1.82, 2.24) is 19.7 Å². The fraction of sp³-hybridized carbons (Fsp3) is 0.533. The Morgan fingerprint density at radius 1 is 1.24 bits per heavy atom. The standard InChI is InChI=1S/C15H21N5S/c1-5-6-16-14-11-7-21-8-12(11)17-15(18-14)13-9(2)19-20(4)10(13)3/h5-8H2,1-4H3,(H,16,17,18). The van der Waals surface area contributed by atoms with E-state index in [9.17, 15) is 0 Å². The molecular formula is C15H21N5S. The van der Waals surface area contributed by atoms with E-state index in [0.717, 1.165) is 53.1 Å². The molecule has 0 atom stereocenters. The number of fused-ring (bicyclic) bond motifs is 1. The minimum Gasteiger partial charge on any atom is -0.370 e. The summed E-state index contributed by atoms with van der Waals surface area (Å²) in [5.41, 5.74) is 5.61. The van der Waals surface area contributed by atoms with Crippen LogP contribution in [0.25, 0.3) is 11.4 Å². The molecule has 1 aliphatic heterocycles. The van der Waals surface area contributed by atoms with Crippen LogP contribution in [0.15, 0.2) is 0 Å². The van der Waals surface area contributed by atoms with Crippen molar-refractivity contribution in [2.45, 2.75) is 38.7 Å². The van der Waals surface area contributed by atoms with Gasteiger partial charge >= 0.3 is 0 Å². The number of hydrogen-bond acceptors (Lipinski definition) is 5. The van der Waals surface area contributed by atoms with Gasteiger partial charge in [0.05, 0.1) is 17.0 Å². The Morgan fingerprint density at radius 3 is 2.71 bits per heavy atom. The van der Waals surface area contributed by atoms with E-state index in [1.54, 1.807) is 0 Å². The van der Waals surface area contributed by atoms with Gasteiger partial charge in [0.1, 0.15) is 5.82 Å². The van der Waals surface area contributed by atoms with Crippen molar-refractivity contribution < 1.29 is 0 Å². The van der Waals surface area contributed by atoms with Crippen LogP contribution in [0.2, 0.25) is 0 Å². The zero-order chi connectivity index (χ0) is 15.0. The van der Waals surface area contributed by atoms with E-state index in [1.165, 1.54) is 11.3 Å². The van der Waals surface area contributed by atoms with Gasteiger partial charge in [-0.1, -0.05) is 6.92 Å². The Balaban J connectivity index is 2.11. The van der Waals surface area contributed by atoms with Gasteiger partial charge in [-0.15, -0.1) is 0 Å². The monoisotopic (exact) mass is 303 g/mol. The summed E-state index contributed by atoms with van der Waals surface area (Å²) in [6.07, 6.45) is 1.09. The molecule has 0 saturated heterocycles. The van der Waals surface area contributed by atoms with Crippen molar-refractivity contribution in [2.75, 3.05) is 11.9 Å². The highest BCUT2D eigenvalue weighted by atomic mass is 32.2. The average Bonchev–Trinajstić information content (AvgIpc) is 3.01. The lowest BCUT2D eigenvalue weighted by Gasteiger charge is -2.11. The van der Waals surface area contributed by atoms with Gasteiger partial charge in [-0.3, -0.25) is 4.68 Å². The molecule has 5 nitrogen and oxygen atoms in total. The Morgan fingerprint density at radius 2 is 2.05 bits per heavy atom. The third kappa shape index (κ3) is 2.52. The highest BCUT2D eigenvalue weighted by Crippen LogP contribution is 2.35. The van der Waals surface area contributed by atoms with E-state index >= 15 is 0 Å². The summed E-state index contributed by atoms with van der Waals surface area (Å²) in [6, 6.07) is 0. The SMILES string of the molecule is CCCNc1nc(-c2c(C)nn(C)c2C)nc2c1CSC2. The van der Waals surface area contributed by atoms with Gasteiger partial charge in [0, 0.05) is 36.4 Å². The van der Waals surface area contributed by atoms with Crippen molar-refractivity contribution >= 4 is 17.6 Å². The van der Waals surface area contributed by atoms with Crippen LogP contribution in [-0.2, 0) is 18.6 Å². The highest BCUT2D eigenvalue weighted by molar-refractivity contribution is 7.98. The van der Waals surface area contributed by atoms with Gasteiger partial charge in [0.15, 0.2) is 5.82 Å². The predicted octanol–water partition coefficient (Wildman–Crippen LogP) is 3.06. The van der Waals surface area contributed by atoms with Crippen LogP contribution in [0.3, 0.4) is 0 Å². The van der Waals surface area contributed by atoms with Gasteiger partial charge in [0.25, 0.3) is 0 Å². The molecule has 21 heavy (non-hydrogen) atoms. The molecule has 2 aromatic heterocycles. The Bertz CT molecular complexity index is 677. The summed E-state index contributed by atoms with van der Waals surface area (Å²) in [7, 11) is 1.96. The smallest absolute Gasteiger partial charge is 0.165 e.